The van der Waals surface area contributed by atoms with Gasteiger partial charge in [0.1, 0.15) is 11.4 Å². The Morgan fingerprint density at radius 1 is 0.597 bits per heavy atom. The third-order valence-corrected chi connectivity index (χ3v) is 13.1. The first-order valence-corrected chi connectivity index (χ1v) is 24.9. The molecule has 2 aliphatic carbocycles. The number of anilines is 2. The van der Waals surface area contributed by atoms with Crippen LogP contribution in [0.15, 0.2) is 134 Å². The fourth-order valence-electron chi connectivity index (χ4n) is 8.71. The number of halogens is 7. The summed E-state index contributed by atoms with van der Waals surface area (Å²) in [5.74, 6) is -0.0904. The first kappa shape index (κ1) is 55.6. The monoisotopic (exact) mass is 1080 g/mol. The molecule has 2 aliphatic rings. The fraction of sp³-hybridized carbons (Fsp3) is 0.309. The summed E-state index contributed by atoms with van der Waals surface area (Å²) in [5.41, 5.74) is 9.98. The molecular weight excluding hydrogens is 1020 g/mol. The third-order valence-electron chi connectivity index (χ3n) is 13.1. The first-order valence-electron chi connectivity index (χ1n) is 24.9. The van der Waals surface area contributed by atoms with Crippen molar-refractivity contribution < 1.29 is 35.9 Å². The lowest BCUT2D eigenvalue weighted by Gasteiger charge is -2.19. The number of aromatic nitrogens is 8. The molecule has 8 aromatic rings. The van der Waals surface area contributed by atoms with E-state index in [2.05, 4.69) is 41.7 Å². The molecule has 2 atom stereocenters. The van der Waals surface area contributed by atoms with Crippen molar-refractivity contribution in [1.82, 2.24) is 49.8 Å². The smallest absolute Gasteiger partial charge is 0.326 e. The molecule has 0 bridgehead atoms. The van der Waals surface area contributed by atoms with E-state index in [4.69, 9.17) is 5.73 Å². The number of aryl methyl sites for hydroxylation is 3. The van der Waals surface area contributed by atoms with Gasteiger partial charge in [-0.1, -0.05) is 55.5 Å². The van der Waals surface area contributed by atoms with Crippen molar-refractivity contribution in [2.45, 2.75) is 70.0 Å². The van der Waals surface area contributed by atoms with Crippen LogP contribution in [0, 0.1) is 11.8 Å². The summed E-state index contributed by atoms with van der Waals surface area (Å²) in [7, 11) is 3.70. The highest BCUT2D eigenvalue weighted by Gasteiger charge is 2.38. The number of rotatable bonds is 18. The Hall–Kier alpha value is -7.59. The molecule has 4 aromatic heterocycles. The van der Waals surface area contributed by atoms with Crippen LogP contribution in [-0.2, 0) is 39.4 Å². The number of benzene rings is 4. The molecule has 2 saturated carbocycles. The summed E-state index contributed by atoms with van der Waals surface area (Å²) in [5, 5.41) is 28.7. The zero-order valence-electron chi connectivity index (χ0n) is 42.3. The summed E-state index contributed by atoms with van der Waals surface area (Å²) < 4.78 is 86.8. The molecule has 77 heavy (non-hydrogen) atoms. The van der Waals surface area contributed by atoms with E-state index >= 15 is 0 Å². The van der Waals surface area contributed by atoms with Gasteiger partial charge in [-0.25, -0.2) is 9.36 Å². The maximum atomic E-state index is 13.5. The van der Waals surface area contributed by atoms with Crippen molar-refractivity contribution >= 4 is 35.6 Å². The van der Waals surface area contributed by atoms with Crippen molar-refractivity contribution in [1.29, 1.82) is 0 Å². The van der Waals surface area contributed by atoms with Crippen molar-refractivity contribution in [3.05, 3.63) is 190 Å². The normalized spacial score (nSPS) is 14.3. The molecule has 15 nitrogen and oxygen atoms in total. The zero-order valence-corrected chi connectivity index (χ0v) is 43.1. The lowest BCUT2D eigenvalue weighted by Crippen LogP contribution is -2.24. The number of nitrogens with two attached hydrogens (primary N) is 1. The first-order chi connectivity index (χ1) is 36.4. The summed E-state index contributed by atoms with van der Waals surface area (Å²) in [6.45, 7) is 3.87. The molecular formula is C55H58ClF6N13O2. The summed E-state index contributed by atoms with van der Waals surface area (Å²) in [6.07, 6.45) is 3.58. The van der Waals surface area contributed by atoms with Crippen LogP contribution in [0.5, 0.6) is 0 Å². The molecule has 22 heteroatoms. The number of nitrogens with zero attached hydrogens (tertiary/aromatic N) is 8. The van der Waals surface area contributed by atoms with Crippen LogP contribution in [-0.4, -0.2) is 64.0 Å². The molecule has 4 aromatic carbocycles. The van der Waals surface area contributed by atoms with Gasteiger partial charge in [-0.15, -0.1) is 12.4 Å². The van der Waals surface area contributed by atoms with E-state index in [0.29, 0.717) is 46.6 Å². The molecule has 4 heterocycles. The van der Waals surface area contributed by atoms with Crippen LogP contribution < -0.4 is 27.0 Å². The number of hydrogen-bond acceptors (Lipinski definition) is 9. The van der Waals surface area contributed by atoms with E-state index in [1.54, 1.807) is 82.4 Å². The largest absolute Gasteiger partial charge is 0.435 e. The SMILES string of the molecule is CCc1cccc(-n2nc(C(F)(F)F)cc2C(=O)Nc2cccc(C(NCC3CC3)c3cnn(C)c3)c2)c1.Cl.Cn1cc(C(NCC2CC2)c2cccc(NC(=O)c3cc(C(F)(F)F)nn3-c3cccc(CN)c3)c2)cn1. The van der Waals surface area contributed by atoms with Crippen molar-refractivity contribution in [2.75, 3.05) is 23.7 Å². The highest BCUT2D eigenvalue weighted by molar-refractivity contribution is 6.04. The predicted octanol–water partition coefficient (Wildman–Crippen LogP) is 10.4. The van der Waals surface area contributed by atoms with Gasteiger partial charge in [0.15, 0.2) is 11.4 Å². The van der Waals surface area contributed by atoms with E-state index in [1.165, 1.54) is 25.7 Å². The van der Waals surface area contributed by atoms with Crippen LogP contribution in [0.4, 0.5) is 37.7 Å². The molecule has 404 valence electrons. The number of nitrogens with one attached hydrogen (secondary N) is 4. The van der Waals surface area contributed by atoms with E-state index < -0.39 is 35.6 Å². The van der Waals surface area contributed by atoms with E-state index in [0.717, 1.165) is 62.4 Å². The van der Waals surface area contributed by atoms with Crippen molar-refractivity contribution in [3.63, 3.8) is 0 Å². The van der Waals surface area contributed by atoms with Gasteiger partial charge in [0.25, 0.3) is 11.8 Å². The topological polar surface area (TPSA) is 180 Å². The molecule has 0 radical (unpaired) electrons. The molecule has 0 saturated heterocycles. The average Bonchev–Trinajstić information content (AvgIpc) is 4.16. The van der Waals surface area contributed by atoms with Gasteiger partial charge in [-0.05, 0) is 128 Å². The van der Waals surface area contributed by atoms with Crippen LogP contribution >= 0.6 is 12.4 Å². The standard InChI is InChI=1S/C28H29F3N6O.C27H28F3N7O.ClH/c1-3-18-6-4-9-23(12-18)37-24(14-25(35-37)28(29,30)31)27(38)34-22-8-5-7-20(13-22)26(32-15-19-10-11-19)21-16-33-36(2)17-21;1-36-16-20(15-33-36)25(32-14-17-8-9-17)19-5-3-6-21(11-19)34-26(38)23-12-24(27(28,29)30)35-37(23)22-7-2-4-18(10-22)13-31;/h4-9,12-14,16-17,19,26,32H,3,10-11,15H2,1-2H3,(H,34,38);2-7,10-12,15-17,25,32H,8-9,13-14,31H2,1H3,(H,34,38);1H. The minimum Gasteiger partial charge on any atom is -0.326 e. The van der Waals surface area contributed by atoms with E-state index in [-0.39, 0.29) is 42.4 Å². The Morgan fingerprint density at radius 2 is 1.01 bits per heavy atom. The quantitative estimate of drug-likeness (QED) is 0.0523. The molecule has 0 spiro atoms. The average molecular weight is 1080 g/mol. The van der Waals surface area contributed by atoms with Crippen molar-refractivity contribution in [3.8, 4) is 11.4 Å². The minimum atomic E-state index is -4.71. The summed E-state index contributed by atoms with van der Waals surface area (Å²) in [4.78, 5) is 26.6. The second-order valence-electron chi connectivity index (χ2n) is 19.2. The Kier molecular flexibility index (Phi) is 17.2. The van der Waals surface area contributed by atoms with Crippen LogP contribution in [0.1, 0.15) is 110 Å². The van der Waals surface area contributed by atoms with E-state index in [1.807, 2.05) is 69.8 Å². The number of alkyl halides is 6. The summed E-state index contributed by atoms with van der Waals surface area (Å²) in [6, 6.07) is 29.4. The summed E-state index contributed by atoms with van der Waals surface area (Å²) >= 11 is 0. The van der Waals surface area contributed by atoms with E-state index in [9.17, 15) is 35.9 Å². The molecule has 2 fully saturated rings. The Bertz CT molecular complexity index is 3100. The lowest BCUT2D eigenvalue weighted by atomic mass is 10.0. The second-order valence-corrected chi connectivity index (χ2v) is 19.2. The van der Waals surface area contributed by atoms with Gasteiger partial charge in [-0.3, -0.25) is 19.0 Å². The van der Waals surface area contributed by atoms with Gasteiger partial charge in [0.05, 0.1) is 35.9 Å². The molecule has 2 unspecified atom stereocenters. The maximum Gasteiger partial charge on any atom is 0.435 e. The highest BCUT2D eigenvalue weighted by Crippen LogP contribution is 2.35. The Labute approximate surface area is 446 Å². The van der Waals surface area contributed by atoms with Gasteiger partial charge in [0.2, 0.25) is 0 Å². The minimum absolute atomic E-state index is 0. The van der Waals surface area contributed by atoms with Gasteiger partial charge in [0, 0.05) is 67.7 Å². The fourth-order valence-corrected chi connectivity index (χ4v) is 8.71. The number of hydrogen-bond donors (Lipinski definition) is 5. The number of amides is 2. The lowest BCUT2D eigenvalue weighted by molar-refractivity contribution is -0.142. The number of carbonyl (C=O) groups excluding carboxylic acids is 2. The van der Waals surface area contributed by atoms with Crippen LogP contribution in [0.25, 0.3) is 11.4 Å². The zero-order chi connectivity index (χ0) is 53.7. The van der Waals surface area contributed by atoms with Gasteiger partial charge < -0.3 is 27.0 Å². The van der Waals surface area contributed by atoms with Crippen molar-refractivity contribution in [2.24, 2.45) is 31.7 Å². The third kappa shape index (κ3) is 14.1. The van der Waals surface area contributed by atoms with Gasteiger partial charge in [-0.2, -0.15) is 46.7 Å². The van der Waals surface area contributed by atoms with Crippen LogP contribution in [0.2, 0.25) is 0 Å². The Morgan fingerprint density at radius 3 is 1.39 bits per heavy atom. The maximum absolute atomic E-state index is 13.5. The molecule has 10 rings (SSSR count). The van der Waals surface area contributed by atoms with Gasteiger partial charge >= 0.3 is 12.4 Å². The Balaban J connectivity index is 0.000000201. The molecule has 0 aliphatic heterocycles. The number of carbonyl (C=O) groups is 2. The highest BCUT2D eigenvalue weighted by atomic mass is 35.5. The second kappa shape index (κ2) is 23.7. The molecule has 6 N–H and O–H groups in total. The predicted molar refractivity (Wildman–Crippen MR) is 282 cm³/mol. The van der Waals surface area contributed by atoms with Crippen LogP contribution in [0.3, 0.4) is 0 Å². The molecule has 2 amide bonds.